The van der Waals surface area contributed by atoms with E-state index in [4.69, 9.17) is 0 Å². The fourth-order valence-corrected chi connectivity index (χ4v) is 2.82. The maximum atomic E-state index is 12.8. The molecule has 0 bridgehead atoms. The number of thiazole rings is 1. The molecular weight excluding hydrogens is 335 g/mol. The van der Waals surface area contributed by atoms with Gasteiger partial charge in [0.2, 0.25) is 5.91 Å². The lowest BCUT2D eigenvalue weighted by molar-refractivity contribution is -0.116. The second kappa shape index (κ2) is 7.78. The highest BCUT2D eigenvalue weighted by atomic mass is 32.1. The van der Waals surface area contributed by atoms with Gasteiger partial charge >= 0.3 is 5.97 Å². The van der Waals surface area contributed by atoms with E-state index in [9.17, 15) is 18.8 Å². The molecule has 0 radical (unpaired) electrons. The Morgan fingerprint density at radius 2 is 1.88 bits per heavy atom. The van der Waals surface area contributed by atoms with E-state index in [1.165, 1.54) is 31.4 Å². The van der Waals surface area contributed by atoms with Crippen molar-refractivity contribution in [2.24, 2.45) is 0 Å². The van der Waals surface area contributed by atoms with Crippen LogP contribution in [0.2, 0.25) is 0 Å². The Labute approximate surface area is 141 Å². The molecule has 24 heavy (non-hydrogen) atoms. The van der Waals surface area contributed by atoms with Crippen LogP contribution in [0.5, 0.6) is 0 Å². The van der Waals surface area contributed by atoms with Crippen molar-refractivity contribution in [3.8, 4) is 0 Å². The zero-order valence-corrected chi connectivity index (χ0v) is 13.9. The van der Waals surface area contributed by atoms with Crippen LogP contribution in [0.15, 0.2) is 24.3 Å². The first kappa shape index (κ1) is 17.7. The highest BCUT2D eigenvalue weighted by Gasteiger charge is 2.17. The molecule has 0 aliphatic rings. The maximum absolute atomic E-state index is 12.8. The largest absolute Gasteiger partial charge is 0.465 e. The number of methoxy groups -OCH3 is 1. The molecule has 126 valence electrons. The molecule has 0 atom stereocenters. The predicted molar refractivity (Wildman–Crippen MR) is 86.8 cm³/mol. The summed E-state index contributed by atoms with van der Waals surface area (Å²) in [5.41, 5.74) is 0.812. The van der Waals surface area contributed by atoms with Crippen LogP contribution < -0.4 is 5.32 Å². The molecule has 1 N–H and O–H groups in total. The number of benzene rings is 1. The first-order valence-corrected chi connectivity index (χ1v) is 7.86. The molecule has 6 nitrogen and oxygen atoms in total. The summed E-state index contributed by atoms with van der Waals surface area (Å²) in [5.74, 6) is -1.59. The quantitative estimate of drug-likeness (QED) is 0.639. The molecule has 1 aromatic carbocycles. The Hall–Kier alpha value is -2.61. The minimum Gasteiger partial charge on any atom is -0.465 e. The molecular formula is C16H15FN2O4S. The van der Waals surface area contributed by atoms with E-state index in [2.05, 4.69) is 15.0 Å². The summed E-state index contributed by atoms with van der Waals surface area (Å²) >= 11 is 1.01. The highest BCUT2D eigenvalue weighted by Crippen LogP contribution is 2.23. The van der Waals surface area contributed by atoms with Crippen molar-refractivity contribution in [2.45, 2.75) is 19.8 Å². The summed E-state index contributed by atoms with van der Waals surface area (Å²) in [7, 11) is 1.26. The molecule has 2 aromatic rings. The Morgan fingerprint density at radius 1 is 1.21 bits per heavy atom. The molecule has 0 aliphatic heterocycles. The summed E-state index contributed by atoms with van der Waals surface area (Å²) < 4.78 is 17.4. The first-order valence-electron chi connectivity index (χ1n) is 7.05. The van der Waals surface area contributed by atoms with Crippen molar-refractivity contribution in [2.75, 3.05) is 12.4 Å². The summed E-state index contributed by atoms with van der Waals surface area (Å²) in [6.45, 7) is 1.64. The topological polar surface area (TPSA) is 85.4 Å². The van der Waals surface area contributed by atoms with E-state index in [0.717, 1.165) is 11.3 Å². The van der Waals surface area contributed by atoms with Crippen LogP contribution in [0.3, 0.4) is 0 Å². The maximum Gasteiger partial charge on any atom is 0.350 e. The highest BCUT2D eigenvalue weighted by molar-refractivity contribution is 7.17. The summed E-state index contributed by atoms with van der Waals surface area (Å²) in [6, 6.07) is 5.14. The molecule has 0 aliphatic carbocycles. The van der Waals surface area contributed by atoms with Crippen molar-refractivity contribution >= 4 is 34.1 Å². The van der Waals surface area contributed by atoms with Crippen LogP contribution >= 0.6 is 11.3 Å². The number of esters is 1. The van der Waals surface area contributed by atoms with E-state index < -0.39 is 17.7 Å². The number of carbonyl (C=O) groups is 3. The molecule has 1 amide bonds. The minimum absolute atomic E-state index is 0.00825. The number of halogens is 1. The van der Waals surface area contributed by atoms with E-state index >= 15 is 0 Å². The van der Waals surface area contributed by atoms with Gasteiger partial charge in [-0.25, -0.2) is 14.2 Å². The Morgan fingerprint density at radius 3 is 2.50 bits per heavy atom. The standard InChI is InChI=1S/C16H15FN2O4S/c1-9-14(15(22)23-2)24-16(18-9)19-13(21)8-7-12(20)10-3-5-11(17)6-4-10/h3-6H,7-8H2,1-2H3,(H,18,19,21). The second-order valence-corrected chi connectivity index (χ2v) is 5.90. The van der Waals surface area contributed by atoms with Crippen molar-refractivity contribution in [1.82, 2.24) is 4.98 Å². The first-order chi connectivity index (χ1) is 11.4. The molecule has 0 fully saturated rings. The Balaban J connectivity index is 1.90. The minimum atomic E-state index is -0.517. The molecule has 2 rings (SSSR count). The summed E-state index contributed by atoms with van der Waals surface area (Å²) in [6.07, 6.45) is -0.0475. The molecule has 0 spiro atoms. The van der Waals surface area contributed by atoms with Gasteiger partial charge in [-0.1, -0.05) is 11.3 Å². The average Bonchev–Trinajstić information content (AvgIpc) is 2.92. The van der Waals surface area contributed by atoms with Crippen LogP contribution in [0.25, 0.3) is 0 Å². The fraction of sp³-hybridized carbons (Fsp3) is 0.250. The van der Waals surface area contributed by atoms with Gasteiger partial charge in [-0.3, -0.25) is 9.59 Å². The monoisotopic (exact) mass is 350 g/mol. The van der Waals surface area contributed by atoms with Crippen molar-refractivity contribution < 1.29 is 23.5 Å². The smallest absolute Gasteiger partial charge is 0.350 e. The third kappa shape index (κ3) is 4.45. The predicted octanol–water partition coefficient (Wildman–Crippen LogP) is 2.98. The zero-order chi connectivity index (χ0) is 17.7. The number of carbonyl (C=O) groups excluding carboxylic acids is 3. The van der Waals surface area contributed by atoms with Gasteiger partial charge < -0.3 is 10.1 Å². The number of ketones is 1. The normalized spacial score (nSPS) is 10.3. The van der Waals surface area contributed by atoms with Gasteiger partial charge in [-0.2, -0.15) is 0 Å². The molecule has 1 heterocycles. The van der Waals surface area contributed by atoms with E-state index in [-0.39, 0.29) is 23.8 Å². The lowest BCUT2D eigenvalue weighted by Gasteiger charge is -2.02. The average molecular weight is 350 g/mol. The van der Waals surface area contributed by atoms with Crippen LogP contribution in [0.4, 0.5) is 9.52 Å². The van der Waals surface area contributed by atoms with E-state index in [1.54, 1.807) is 6.92 Å². The third-order valence-electron chi connectivity index (χ3n) is 3.16. The number of ether oxygens (including phenoxy) is 1. The number of hydrogen-bond donors (Lipinski definition) is 1. The summed E-state index contributed by atoms with van der Waals surface area (Å²) in [4.78, 5) is 39.7. The lowest BCUT2D eigenvalue weighted by atomic mass is 10.1. The van der Waals surface area contributed by atoms with Gasteiger partial charge in [0.25, 0.3) is 0 Å². The van der Waals surface area contributed by atoms with Crippen LogP contribution in [-0.4, -0.2) is 29.8 Å². The van der Waals surface area contributed by atoms with Gasteiger partial charge in [0.15, 0.2) is 10.9 Å². The van der Waals surface area contributed by atoms with Crippen LogP contribution in [0.1, 0.15) is 38.6 Å². The second-order valence-electron chi connectivity index (χ2n) is 4.90. The fourth-order valence-electron chi connectivity index (χ4n) is 1.92. The molecule has 0 saturated carbocycles. The van der Waals surface area contributed by atoms with E-state index in [1.807, 2.05) is 0 Å². The number of nitrogens with zero attached hydrogens (tertiary/aromatic N) is 1. The lowest BCUT2D eigenvalue weighted by Crippen LogP contribution is -2.13. The van der Waals surface area contributed by atoms with Gasteiger partial charge in [0.05, 0.1) is 12.8 Å². The molecule has 0 unspecified atom stereocenters. The number of amides is 1. The number of nitrogens with one attached hydrogen (secondary N) is 1. The third-order valence-corrected chi connectivity index (χ3v) is 4.21. The number of aromatic nitrogens is 1. The number of Topliss-reactive ketones (excluding diaryl/α,β-unsaturated/α-hetero) is 1. The molecule has 1 aromatic heterocycles. The SMILES string of the molecule is COC(=O)c1sc(NC(=O)CCC(=O)c2ccc(F)cc2)nc1C. The van der Waals surface area contributed by atoms with Gasteiger partial charge in [0.1, 0.15) is 10.7 Å². The van der Waals surface area contributed by atoms with Crippen LogP contribution in [-0.2, 0) is 9.53 Å². The van der Waals surface area contributed by atoms with Crippen molar-refractivity contribution in [3.05, 3.63) is 46.2 Å². The number of rotatable bonds is 6. The van der Waals surface area contributed by atoms with E-state index in [0.29, 0.717) is 16.1 Å². The van der Waals surface area contributed by atoms with Crippen molar-refractivity contribution in [1.29, 1.82) is 0 Å². The molecule has 0 saturated heterocycles. The number of hydrogen-bond acceptors (Lipinski definition) is 6. The van der Waals surface area contributed by atoms with Gasteiger partial charge in [0, 0.05) is 18.4 Å². The van der Waals surface area contributed by atoms with Gasteiger partial charge in [-0.15, -0.1) is 0 Å². The summed E-state index contributed by atoms with van der Waals surface area (Å²) in [5, 5.41) is 2.82. The number of anilines is 1. The van der Waals surface area contributed by atoms with Gasteiger partial charge in [-0.05, 0) is 31.2 Å². The van der Waals surface area contributed by atoms with Crippen molar-refractivity contribution in [3.63, 3.8) is 0 Å². The Bertz CT molecular complexity index is 771. The molecule has 8 heteroatoms. The Kier molecular flexibility index (Phi) is 5.75. The number of aryl methyl sites for hydroxylation is 1. The zero-order valence-electron chi connectivity index (χ0n) is 13.1. The van der Waals surface area contributed by atoms with Crippen LogP contribution in [0, 0.1) is 12.7 Å².